The average molecular weight is 758 g/mol. The molecule has 2 aromatic carbocycles. The molecule has 1 atom stereocenters. The van der Waals surface area contributed by atoms with Crippen LogP contribution in [0.15, 0.2) is 65.7 Å². The van der Waals surface area contributed by atoms with Crippen LogP contribution in [-0.2, 0) is 20.4 Å². The Bertz CT molecular complexity index is 1970. The van der Waals surface area contributed by atoms with E-state index in [0.29, 0.717) is 38.6 Å². The van der Waals surface area contributed by atoms with Crippen molar-refractivity contribution in [2.24, 2.45) is 0 Å². The van der Waals surface area contributed by atoms with E-state index in [-0.39, 0.29) is 58.7 Å². The highest BCUT2D eigenvalue weighted by molar-refractivity contribution is 7.93. The molecule has 0 spiro atoms. The smallest absolute Gasteiger partial charge is 0.321 e. The Hall–Kier alpha value is -4.71. The highest BCUT2D eigenvalue weighted by Crippen LogP contribution is 2.53. The van der Waals surface area contributed by atoms with E-state index in [9.17, 15) is 13.7 Å². The van der Waals surface area contributed by atoms with Crippen LogP contribution in [0.3, 0.4) is 0 Å². The van der Waals surface area contributed by atoms with E-state index in [1.165, 1.54) is 35.4 Å². The molecule has 6 rings (SSSR count). The lowest BCUT2D eigenvalue weighted by molar-refractivity contribution is -0.125. The van der Waals surface area contributed by atoms with Crippen molar-refractivity contribution >= 4 is 27.6 Å². The molecule has 14 heteroatoms. The zero-order valence-electron chi connectivity index (χ0n) is 31.7. The maximum absolute atomic E-state index is 15.7. The molecule has 0 bridgehead atoms. The summed E-state index contributed by atoms with van der Waals surface area (Å²) in [5, 5.41) is 10.1. The molecule has 3 aliphatic rings. The zero-order valence-corrected chi connectivity index (χ0v) is 32.6. The number of benzene rings is 2. The number of nitrogens with zero attached hydrogens (tertiary/aromatic N) is 7. The number of hydrogen-bond acceptors (Lipinski definition) is 10. The van der Waals surface area contributed by atoms with Crippen molar-refractivity contribution in [3.8, 4) is 17.7 Å². The molecule has 0 N–H and O–H groups in total. The second-order valence-corrected chi connectivity index (χ2v) is 15.6. The summed E-state index contributed by atoms with van der Waals surface area (Å²) in [4.78, 5) is 43.4. The Morgan fingerprint density at radius 3 is 2.31 bits per heavy atom. The summed E-state index contributed by atoms with van der Waals surface area (Å²) in [7, 11) is -4.65. The van der Waals surface area contributed by atoms with Crippen molar-refractivity contribution in [2.75, 3.05) is 69.9 Å². The molecule has 2 fully saturated rings. The summed E-state index contributed by atoms with van der Waals surface area (Å²) >= 11 is 0. The highest BCUT2D eigenvalue weighted by atomic mass is 32.2. The van der Waals surface area contributed by atoms with Crippen molar-refractivity contribution in [2.45, 2.75) is 69.9 Å². The SMILES string of the molecule is CCCN1CCC(N2CCN(C(=O)N(CCC)C3(c4cccnc4OCC)C(=O)N(S(=O)(=O)c4ccccc4OCC)c4ccc(C#N)cc43)CC2)CC1. The number of likely N-dealkylation sites (tertiary alicyclic amines) is 1. The van der Waals surface area contributed by atoms with E-state index in [2.05, 4.69) is 27.8 Å². The third kappa shape index (κ3) is 7.00. The molecule has 2 saturated heterocycles. The number of anilines is 1. The van der Waals surface area contributed by atoms with Crippen LogP contribution in [0.1, 0.15) is 70.1 Å². The fourth-order valence-corrected chi connectivity index (χ4v) is 9.80. The van der Waals surface area contributed by atoms with Gasteiger partial charge >= 0.3 is 6.03 Å². The first-order valence-corrected chi connectivity index (χ1v) is 20.6. The predicted octanol–water partition coefficient (Wildman–Crippen LogP) is 5.05. The van der Waals surface area contributed by atoms with E-state index >= 15 is 9.59 Å². The summed E-state index contributed by atoms with van der Waals surface area (Å²) in [5.41, 5.74) is -1.44. The zero-order chi connectivity index (χ0) is 38.5. The quantitative estimate of drug-likeness (QED) is 0.233. The molecule has 1 unspecified atom stereocenters. The van der Waals surface area contributed by atoms with Crippen LogP contribution in [0.4, 0.5) is 10.5 Å². The lowest BCUT2D eigenvalue weighted by Crippen LogP contribution is -2.62. The number of urea groups is 1. The lowest BCUT2D eigenvalue weighted by atomic mass is 9.81. The number of amides is 3. The molecule has 3 aromatic rings. The summed E-state index contributed by atoms with van der Waals surface area (Å²) < 4.78 is 42.3. The Kier molecular flexibility index (Phi) is 12.1. The van der Waals surface area contributed by atoms with E-state index in [1.54, 1.807) is 49.1 Å². The molecule has 0 saturated carbocycles. The first-order valence-electron chi connectivity index (χ1n) is 19.1. The van der Waals surface area contributed by atoms with E-state index in [4.69, 9.17) is 9.47 Å². The number of nitriles is 1. The van der Waals surface area contributed by atoms with Crippen LogP contribution < -0.4 is 13.8 Å². The third-order valence-electron chi connectivity index (χ3n) is 10.6. The Balaban J connectivity index is 1.48. The van der Waals surface area contributed by atoms with Gasteiger partial charge in [-0.3, -0.25) is 9.69 Å². The minimum absolute atomic E-state index is 0.0322. The first-order chi connectivity index (χ1) is 26.2. The Morgan fingerprint density at radius 2 is 1.65 bits per heavy atom. The summed E-state index contributed by atoms with van der Waals surface area (Å²) in [5.74, 6) is -0.719. The number of fused-ring (bicyclic) bond motifs is 1. The van der Waals surface area contributed by atoms with Crippen molar-refractivity contribution < 1.29 is 27.5 Å². The number of piperidine rings is 1. The number of aromatic nitrogens is 1. The van der Waals surface area contributed by atoms with Gasteiger partial charge in [-0.25, -0.2) is 18.2 Å². The van der Waals surface area contributed by atoms with E-state index < -0.39 is 27.5 Å². The fraction of sp³-hybridized carbons (Fsp3) is 0.500. The minimum atomic E-state index is -4.65. The standard InChI is InChI=1S/C40H51N7O6S/c1-5-20-43-22-17-31(18-23-43)44-24-26-45(27-25-44)39(49)46(21-6-2)40(32-12-11-19-42-37(32)53-8-4)33-28-30(29-41)15-16-34(33)47(38(40)48)54(50,51)36-14-10-9-13-35(36)52-7-3/h9-16,19,28,31H,5-8,17-18,20-27H2,1-4H3. The predicted molar refractivity (Wildman–Crippen MR) is 205 cm³/mol. The molecular weight excluding hydrogens is 707 g/mol. The third-order valence-corrected chi connectivity index (χ3v) is 12.4. The van der Waals surface area contributed by atoms with Gasteiger partial charge in [0, 0.05) is 50.5 Å². The maximum atomic E-state index is 15.7. The second-order valence-electron chi connectivity index (χ2n) is 13.8. The Labute approximate surface area is 319 Å². The molecule has 0 aliphatic carbocycles. The number of sulfonamides is 1. The largest absolute Gasteiger partial charge is 0.492 e. The molecule has 4 heterocycles. The lowest BCUT2D eigenvalue weighted by Gasteiger charge is -2.46. The van der Waals surface area contributed by atoms with Crippen LogP contribution in [0.25, 0.3) is 0 Å². The topological polar surface area (TPSA) is 140 Å². The number of ether oxygens (including phenoxy) is 2. The van der Waals surface area contributed by atoms with Gasteiger partial charge in [-0.2, -0.15) is 9.57 Å². The van der Waals surface area contributed by atoms with Gasteiger partial charge in [0.1, 0.15) is 10.6 Å². The molecule has 13 nitrogen and oxygen atoms in total. The van der Waals surface area contributed by atoms with E-state index in [1.807, 2.05) is 6.92 Å². The van der Waals surface area contributed by atoms with Crippen LogP contribution in [0.2, 0.25) is 0 Å². The molecule has 3 aliphatic heterocycles. The monoisotopic (exact) mass is 757 g/mol. The highest BCUT2D eigenvalue weighted by Gasteiger charge is 2.62. The number of pyridine rings is 1. The summed E-state index contributed by atoms with van der Waals surface area (Å²) in [6, 6.07) is 16.1. The van der Waals surface area contributed by atoms with Gasteiger partial charge in [0.25, 0.3) is 15.9 Å². The molecule has 0 radical (unpaired) electrons. The average Bonchev–Trinajstić information content (AvgIpc) is 3.45. The van der Waals surface area contributed by atoms with Gasteiger partial charge in [0.15, 0.2) is 5.54 Å². The van der Waals surface area contributed by atoms with Gasteiger partial charge in [0.2, 0.25) is 5.88 Å². The van der Waals surface area contributed by atoms with Crippen LogP contribution in [0, 0.1) is 11.3 Å². The van der Waals surface area contributed by atoms with Crippen molar-refractivity contribution in [3.63, 3.8) is 0 Å². The van der Waals surface area contributed by atoms with Gasteiger partial charge < -0.3 is 24.2 Å². The van der Waals surface area contributed by atoms with Crippen molar-refractivity contribution in [1.29, 1.82) is 5.26 Å². The molecule has 3 amide bonds. The molecular formula is C40H51N7O6S. The fourth-order valence-electron chi connectivity index (χ4n) is 8.21. The van der Waals surface area contributed by atoms with Crippen molar-refractivity contribution in [3.05, 3.63) is 77.5 Å². The number of hydrogen-bond donors (Lipinski definition) is 0. The van der Waals surface area contributed by atoms with Crippen LogP contribution in [0.5, 0.6) is 11.6 Å². The Morgan fingerprint density at radius 1 is 0.926 bits per heavy atom. The van der Waals surface area contributed by atoms with Gasteiger partial charge in [0.05, 0.1) is 36.1 Å². The summed E-state index contributed by atoms with van der Waals surface area (Å²) in [6.45, 7) is 13.6. The number of carbonyl (C=O) groups is 2. The molecule has 54 heavy (non-hydrogen) atoms. The number of rotatable bonds is 13. The first kappa shape index (κ1) is 39.0. The number of para-hydroxylation sites is 1. The van der Waals surface area contributed by atoms with Gasteiger partial charge in [-0.15, -0.1) is 0 Å². The number of carbonyl (C=O) groups excluding carboxylic acids is 2. The van der Waals surface area contributed by atoms with Crippen molar-refractivity contribution in [1.82, 2.24) is 24.6 Å². The molecule has 1 aromatic heterocycles. The van der Waals surface area contributed by atoms with Gasteiger partial charge in [-0.1, -0.05) is 26.0 Å². The van der Waals surface area contributed by atoms with Gasteiger partial charge in [-0.05, 0) is 102 Å². The summed E-state index contributed by atoms with van der Waals surface area (Å²) in [6.07, 6.45) is 5.29. The van der Waals surface area contributed by atoms with Crippen LogP contribution >= 0.6 is 0 Å². The van der Waals surface area contributed by atoms with E-state index in [0.717, 1.165) is 43.2 Å². The second kappa shape index (κ2) is 16.8. The maximum Gasteiger partial charge on any atom is 0.321 e. The minimum Gasteiger partial charge on any atom is -0.492 e. The van der Waals surface area contributed by atoms with Crippen LogP contribution in [-0.4, -0.2) is 117 Å². The molecule has 288 valence electrons. The normalized spacial score (nSPS) is 19.7. The number of piperazine rings is 1.